The first-order valence-electron chi connectivity index (χ1n) is 3.18. The van der Waals surface area contributed by atoms with Crippen LogP contribution in [0.1, 0.15) is 13.8 Å². The van der Waals surface area contributed by atoms with Gasteiger partial charge in [-0.2, -0.15) is 0 Å². The highest BCUT2D eigenvalue weighted by atomic mass is 16.4. The Balaban J connectivity index is 0. The number of allylic oxidation sites excluding steroid dienone is 3. The standard InChI is InChI=1S/C5H8.C4H6O2/c1-3-5-4-2;1-3(2)4(5)6/h3-5H,1H2,2H3;1H2,2H3,(H,5,6)/b5-4+;. The van der Waals surface area contributed by atoms with Gasteiger partial charge in [-0.25, -0.2) is 4.79 Å². The van der Waals surface area contributed by atoms with E-state index < -0.39 is 5.97 Å². The van der Waals surface area contributed by atoms with E-state index >= 15 is 0 Å². The molecule has 0 bridgehead atoms. The third kappa shape index (κ3) is 17.7. The number of carboxylic acid groups (broad SMARTS) is 1. The SMILES string of the molecule is C=C(C)C(=O)O.C=C/C=C/C. The highest BCUT2D eigenvalue weighted by molar-refractivity contribution is 5.84. The molecule has 0 heterocycles. The fraction of sp³-hybridized carbons (Fsp3) is 0.222. The molecular weight excluding hydrogens is 140 g/mol. The van der Waals surface area contributed by atoms with Gasteiger partial charge in [-0.3, -0.25) is 0 Å². The van der Waals surface area contributed by atoms with Crippen molar-refractivity contribution >= 4 is 5.97 Å². The van der Waals surface area contributed by atoms with Gasteiger partial charge in [-0.1, -0.05) is 31.4 Å². The highest BCUT2D eigenvalue weighted by Gasteiger charge is 1.90. The summed E-state index contributed by atoms with van der Waals surface area (Å²) in [7, 11) is 0. The maximum Gasteiger partial charge on any atom is 0.330 e. The number of rotatable bonds is 2. The molecule has 0 aliphatic heterocycles. The van der Waals surface area contributed by atoms with Crippen LogP contribution in [-0.2, 0) is 4.79 Å². The quantitative estimate of drug-likeness (QED) is 0.489. The zero-order chi connectivity index (χ0) is 9.28. The Bertz CT molecular complexity index is 154. The molecule has 0 spiro atoms. The normalized spacial score (nSPS) is 8.18. The molecule has 0 aromatic heterocycles. The van der Waals surface area contributed by atoms with Gasteiger partial charge in [0, 0.05) is 5.57 Å². The van der Waals surface area contributed by atoms with Crippen molar-refractivity contribution in [2.45, 2.75) is 13.8 Å². The molecule has 0 radical (unpaired) electrons. The number of hydrogen-bond acceptors (Lipinski definition) is 1. The molecule has 0 rings (SSSR count). The van der Waals surface area contributed by atoms with E-state index in [1.165, 1.54) is 6.92 Å². The van der Waals surface area contributed by atoms with Gasteiger partial charge in [0.25, 0.3) is 0 Å². The first kappa shape index (κ1) is 12.4. The molecule has 0 saturated carbocycles. The van der Waals surface area contributed by atoms with Crippen molar-refractivity contribution in [1.29, 1.82) is 0 Å². The van der Waals surface area contributed by atoms with Gasteiger partial charge in [0.2, 0.25) is 0 Å². The van der Waals surface area contributed by atoms with Gasteiger partial charge in [0.1, 0.15) is 0 Å². The van der Waals surface area contributed by atoms with Crippen LogP contribution in [0.3, 0.4) is 0 Å². The van der Waals surface area contributed by atoms with Crippen molar-refractivity contribution in [3.8, 4) is 0 Å². The summed E-state index contributed by atoms with van der Waals surface area (Å²) < 4.78 is 0. The van der Waals surface area contributed by atoms with Crippen LogP contribution in [0.4, 0.5) is 0 Å². The highest BCUT2D eigenvalue weighted by Crippen LogP contribution is 1.81. The molecule has 0 aromatic carbocycles. The lowest BCUT2D eigenvalue weighted by molar-refractivity contribution is -0.132. The van der Waals surface area contributed by atoms with Crippen molar-refractivity contribution < 1.29 is 9.90 Å². The third-order valence-electron chi connectivity index (χ3n) is 0.694. The summed E-state index contributed by atoms with van der Waals surface area (Å²) in [4.78, 5) is 9.60. The van der Waals surface area contributed by atoms with Crippen LogP contribution in [0.2, 0.25) is 0 Å². The Labute approximate surface area is 67.6 Å². The first-order chi connectivity index (χ1) is 5.06. The Morgan fingerprint density at radius 2 is 1.91 bits per heavy atom. The van der Waals surface area contributed by atoms with Crippen LogP contribution < -0.4 is 0 Å². The number of carboxylic acids is 1. The number of carbonyl (C=O) groups is 1. The lowest BCUT2D eigenvalue weighted by atomic mass is 10.4. The minimum atomic E-state index is -0.935. The molecule has 0 atom stereocenters. The fourth-order valence-corrected chi connectivity index (χ4v) is 0.136. The second-order valence-electron chi connectivity index (χ2n) is 1.85. The zero-order valence-electron chi connectivity index (χ0n) is 7.00. The summed E-state index contributed by atoms with van der Waals surface area (Å²) in [6, 6.07) is 0. The van der Waals surface area contributed by atoms with Gasteiger partial charge < -0.3 is 5.11 Å². The second-order valence-corrected chi connectivity index (χ2v) is 1.85. The molecule has 2 nitrogen and oxygen atoms in total. The summed E-state index contributed by atoms with van der Waals surface area (Å²) >= 11 is 0. The average molecular weight is 154 g/mol. The molecular formula is C9H14O2. The van der Waals surface area contributed by atoms with Crippen LogP contribution in [0.5, 0.6) is 0 Å². The molecule has 0 unspecified atom stereocenters. The smallest absolute Gasteiger partial charge is 0.330 e. The van der Waals surface area contributed by atoms with E-state index in [9.17, 15) is 4.79 Å². The largest absolute Gasteiger partial charge is 0.478 e. The molecule has 11 heavy (non-hydrogen) atoms. The van der Waals surface area contributed by atoms with Gasteiger partial charge in [0.15, 0.2) is 0 Å². The van der Waals surface area contributed by atoms with E-state index in [0.717, 1.165) is 0 Å². The molecule has 0 saturated heterocycles. The molecule has 0 amide bonds. The van der Waals surface area contributed by atoms with Crippen LogP contribution in [0.25, 0.3) is 0 Å². The van der Waals surface area contributed by atoms with Crippen LogP contribution in [0, 0.1) is 0 Å². The Morgan fingerprint density at radius 3 is 1.91 bits per heavy atom. The van der Waals surface area contributed by atoms with Crippen molar-refractivity contribution in [3.05, 3.63) is 37.0 Å². The molecule has 0 fully saturated rings. The van der Waals surface area contributed by atoms with Gasteiger partial charge in [0.05, 0.1) is 0 Å². The summed E-state index contributed by atoms with van der Waals surface area (Å²) in [6.07, 6.45) is 5.58. The molecule has 1 N–H and O–H groups in total. The lowest BCUT2D eigenvalue weighted by Gasteiger charge is -1.79. The predicted octanol–water partition coefficient (Wildman–Crippen LogP) is 2.40. The molecule has 62 valence electrons. The van der Waals surface area contributed by atoms with E-state index in [0.29, 0.717) is 0 Å². The van der Waals surface area contributed by atoms with Gasteiger partial charge >= 0.3 is 5.97 Å². The Hall–Kier alpha value is -1.31. The summed E-state index contributed by atoms with van der Waals surface area (Å²) in [5.74, 6) is -0.935. The summed E-state index contributed by atoms with van der Waals surface area (Å²) in [6.45, 7) is 10.0. The Morgan fingerprint density at radius 1 is 1.55 bits per heavy atom. The van der Waals surface area contributed by atoms with E-state index in [1.54, 1.807) is 6.08 Å². The van der Waals surface area contributed by atoms with Crippen LogP contribution in [-0.4, -0.2) is 11.1 Å². The van der Waals surface area contributed by atoms with Crippen molar-refractivity contribution in [2.24, 2.45) is 0 Å². The second kappa shape index (κ2) is 8.69. The van der Waals surface area contributed by atoms with Crippen LogP contribution >= 0.6 is 0 Å². The summed E-state index contributed by atoms with van der Waals surface area (Å²) in [5.41, 5.74) is 0.176. The van der Waals surface area contributed by atoms with E-state index in [-0.39, 0.29) is 5.57 Å². The predicted molar refractivity (Wildman–Crippen MR) is 47.5 cm³/mol. The topological polar surface area (TPSA) is 37.3 Å². The zero-order valence-corrected chi connectivity index (χ0v) is 7.00. The minimum Gasteiger partial charge on any atom is -0.478 e. The number of hydrogen-bond donors (Lipinski definition) is 1. The fourth-order valence-electron chi connectivity index (χ4n) is 0.136. The first-order valence-corrected chi connectivity index (χ1v) is 3.18. The van der Waals surface area contributed by atoms with Crippen LogP contribution in [0.15, 0.2) is 37.0 Å². The molecule has 0 aliphatic rings. The average Bonchev–Trinajstić information content (AvgIpc) is 1.90. The lowest BCUT2D eigenvalue weighted by Crippen LogP contribution is -1.92. The maximum absolute atomic E-state index is 9.60. The van der Waals surface area contributed by atoms with E-state index in [1.807, 2.05) is 19.1 Å². The third-order valence-corrected chi connectivity index (χ3v) is 0.694. The minimum absolute atomic E-state index is 0.176. The molecule has 0 aromatic rings. The van der Waals surface area contributed by atoms with Crippen molar-refractivity contribution in [2.75, 3.05) is 0 Å². The Kier molecular flexibility index (Phi) is 9.78. The molecule has 2 heteroatoms. The van der Waals surface area contributed by atoms with Gasteiger partial charge in [-0.15, -0.1) is 0 Å². The van der Waals surface area contributed by atoms with Crippen molar-refractivity contribution in [1.82, 2.24) is 0 Å². The number of aliphatic carboxylic acids is 1. The van der Waals surface area contributed by atoms with Gasteiger partial charge in [-0.05, 0) is 13.8 Å². The van der Waals surface area contributed by atoms with E-state index in [2.05, 4.69) is 13.2 Å². The maximum atomic E-state index is 9.60. The van der Waals surface area contributed by atoms with Crippen molar-refractivity contribution in [3.63, 3.8) is 0 Å². The summed E-state index contributed by atoms with van der Waals surface area (Å²) in [5, 5.41) is 7.89. The van der Waals surface area contributed by atoms with E-state index in [4.69, 9.17) is 5.11 Å². The molecule has 0 aliphatic carbocycles. The monoisotopic (exact) mass is 154 g/mol.